The molecule has 2 aliphatic carbocycles. The number of rotatable bonds is 7. The minimum absolute atomic E-state index is 0.0589. The zero-order chi connectivity index (χ0) is 29.0. The number of piperazine rings is 1. The van der Waals surface area contributed by atoms with E-state index in [0.29, 0.717) is 36.9 Å². The quantitative estimate of drug-likeness (QED) is 0.371. The summed E-state index contributed by atoms with van der Waals surface area (Å²) in [5, 5.41) is 0.206. The van der Waals surface area contributed by atoms with Crippen LogP contribution in [0.2, 0.25) is 18.1 Å². The highest BCUT2D eigenvalue weighted by molar-refractivity contribution is 6.74. The fourth-order valence-corrected chi connectivity index (χ4v) is 7.70. The SMILES string of the molecule is CC(C)Cc1cc(C2CC2)cc2c1nc(C(=O)N1CCN(C3CCC(O[Si](C)(C)C(C)(C)C)CC3)C(=O)C1)n2C. The van der Waals surface area contributed by atoms with Crippen molar-refractivity contribution in [2.75, 3.05) is 19.6 Å². The highest BCUT2D eigenvalue weighted by Crippen LogP contribution is 2.42. The molecule has 1 aromatic heterocycles. The molecule has 0 atom stereocenters. The summed E-state index contributed by atoms with van der Waals surface area (Å²) in [6.45, 7) is 17.2. The van der Waals surface area contributed by atoms with Crippen LogP contribution in [0.4, 0.5) is 0 Å². The smallest absolute Gasteiger partial charge is 0.290 e. The Balaban J connectivity index is 1.24. The molecule has 0 radical (unpaired) electrons. The Kier molecular flexibility index (Phi) is 7.98. The van der Waals surface area contributed by atoms with Crippen molar-refractivity contribution in [1.29, 1.82) is 0 Å². The molecule has 220 valence electrons. The summed E-state index contributed by atoms with van der Waals surface area (Å²) in [4.78, 5) is 35.6. The third-order valence-electron chi connectivity index (χ3n) is 9.85. The third-order valence-corrected chi connectivity index (χ3v) is 14.4. The minimum Gasteiger partial charge on any atom is -0.414 e. The van der Waals surface area contributed by atoms with E-state index in [1.807, 2.05) is 16.5 Å². The van der Waals surface area contributed by atoms with Crippen molar-refractivity contribution in [3.8, 4) is 0 Å². The third kappa shape index (κ3) is 5.89. The summed E-state index contributed by atoms with van der Waals surface area (Å²) in [5.74, 6) is 1.52. The van der Waals surface area contributed by atoms with Gasteiger partial charge in [-0.1, -0.05) is 40.7 Å². The van der Waals surface area contributed by atoms with Crippen LogP contribution in [0.3, 0.4) is 0 Å². The second-order valence-electron chi connectivity index (χ2n) is 14.5. The standard InChI is InChI=1S/C32H50N4O3Si/c1-21(2)17-24-18-23(22-9-10-22)19-27-29(24)33-30(34(27)6)31(38)35-15-16-36(28(37)20-35)25-11-13-26(14-12-25)39-40(7,8)32(3,4)5/h18-19,21-22,25-26H,9-17,20H2,1-8H3. The zero-order valence-electron chi connectivity index (χ0n) is 26.0. The lowest BCUT2D eigenvalue weighted by atomic mass is 9.91. The molecule has 1 saturated heterocycles. The number of aromatic nitrogens is 2. The summed E-state index contributed by atoms with van der Waals surface area (Å²) in [7, 11) is 0.156. The first-order valence-electron chi connectivity index (χ1n) is 15.5. The first-order chi connectivity index (χ1) is 18.7. The van der Waals surface area contributed by atoms with E-state index in [2.05, 4.69) is 59.8 Å². The van der Waals surface area contributed by atoms with E-state index in [1.165, 1.54) is 24.0 Å². The van der Waals surface area contributed by atoms with Gasteiger partial charge < -0.3 is 18.8 Å². The van der Waals surface area contributed by atoms with Crippen molar-refractivity contribution >= 4 is 31.2 Å². The molecule has 8 heteroatoms. The summed E-state index contributed by atoms with van der Waals surface area (Å²) in [5.41, 5.74) is 4.58. The molecule has 2 amide bonds. The zero-order valence-corrected chi connectivity index (χ0v) is 27.0. The van der Waals surface area contributed by atoms with Crippen LogP contribution in [-0.4, -0.2) is 71.3 Å². The summed E-state index contributed by atoms with van der Waals surface area (Å²) in [6, 6.07) is 4.80. The Morgan fingerprint density at radius 2 is 1.75 bits per heavy atom. The number of carbonyl (C=O) groups excluding carboxylic acids is 2. The van der Waals surface area contributed by atoms with E-state index < -0.39 is 8.32 Å². The maximum absolute atomic E-state index is 13.7. The van der Waals surface area contributed by atoms with Crippen molar-refractivity contribution < 1.29 is 14.0 Å². The molecular weight excluding hydrogens is 516 g/mol. The molecule has 7 nitrogen and oxygen atoms in total. The number of nitrogens with zero attached hydrogens (tertiary/aromatic N) is 4. The second-order valence-corrected chi connectivity index (χ2v) is 19.3. The average molecular weight is 567 g/mol. The topological polar surface area (TPSA) is 67.7 Å². The van der Waals surface area contributed by atoms with Gasteiger partial charge in [0.25, 0.3) is 5.91 Å². The Labute approximate surface area is 241 Å². The van der Waals surface area contributed by atoms with E-state index in [1.54, 1.807) is 4.90 Å². The summed E-state index contributed by atoms with van der Waals surface area (Å²) in [6.07, 6.45) is 7.70. The van der Waals surface area contributed by atoms with E-state index >= 15 is 0 Å². The number of amides is 2. The lowest BCUT2D eigenvalue weighted by Gasteiger charge is -2.44. The molecule has 1 aromatic carbocycles. The average Bonchev–Trinajstić information content (AvgIpc) is 3.67. The molecule has 3 fully saturated rings. The maximum atomic E-state index is 13.7. The molecule has 2 saturated carbocycles. The van der Waals surface area contributed by atoms with Gasteiger partial charge in [0, 0.05) is 32.3 Å². The van der Waals surface area contributed by atoms with Crippen LogP contribution in [0.1, 0.15) is 101 Å². The van der Waals surface area contributed by atoms with E-state index in [-0.39, 0.29) is 29.4 Å². The number of benzene rings is 1. The Hall–Kier alpha value is -2.19. The Morgan fingerprint density at radius 1 is 1.07 bits per heavy atom. The molecule has 5 rings (SSSR count). The lowest BCUT2D eigenvalue weighted by molar-refractivity contribution is -0.138. The largest absolute Gasteiger partial charge is 0.414 e. The van der Waals surface area contributed by atoms with Crippen molar-refractivity contribution in [3.63, 3.8) is 0 Å². The van der Waals surface area contributed by atoms with Crippen molar-refractivity contribution in [1.82, 2.24) is 19.4 Å². The lowest BCUT2D eigenvalue weighted by Crippen LogP contribution is -2.56. The van der Waals surface area contributed by atoms with Gasteiger partial charge in [0.2, 0.25) is 5.91 Å². The molecule has 1 aliphatic heterocycles. The van der Waals surface area contributed by atoms with Crippen LogP contribution in [0.5, 0.6) is 0 Å². The highest BCUT2D eigenvalue weighted by Gasteiger charge is 2.41. The first kappa shape index (κ1) is 29.3. The van der Waals surface area contributed by atoms with Gasteiger partial charge in [0.1, 0.15) is 6.54 Å². The van der Waals surface area contributed by atoms with Gasteiger partial charge in [-0.2, -0.15) is 0 Å². The molecule has 0 unspecified atom stereocenters. The minimum atomic E-state index is -1.79. The molecule has 40 heavy (non-hydrogen) atoms. The van der Waals surface area contributed by atoms with Gasteiger partial charge in [-0.25, -0.2) is 4.98 Å². The molecule has 0 bridgehead atoms. The van der Waals surface area contributed by atoms with Crippen LogP contribution in [-0.2, 0) is 22.7 Å². The maximum Gasteiger partial charge on any atom is 0.290 e. The number of aryl methyl sites for hydroxylation is 1. The van der Waals surface area contributed by atoms with Crippen LogP contribution >= 0.6 is 0 Å². The van der Waals surface area contributed by atoms with E-state index in [9.17, 15) is 9.59 Å². The van der Waals surface area contributed by atoms with E-state index in [0.717, 1.165) is 43.1 Å². The predicted molar refractivity (Wildman–Crippen MR) is 163 cm³/mol. The fraction of sp³-hybridized carbons (Fsp3) is 0.719. The van der Waals surface area contributed by atoms with Gasteiger partial charge in [0.15, 0.2) is 14.1 Å². The van der Waals surface area contributed by atoms with Crippen LogP contribution in [0.25, 0.3) is 11.0 Å². The monoisotopic (exact) mass is 566 g/mol. The number of carbonyl (C=O) groups is 2. The van der Waals surface area contributed by atoms with Crippen LogP contribution in [0.15, 0.2) is 12.1 Å². The molecule has 0 N–H and O–H groups in total. The van der Waals surface area contributed by atoms with Gasteiger partial charge in [-0.05, 0) is 92.1 Å². The van der Waals surface area contributed by atoms with Crippen molar-refractivity contribution in [3.05, 3.63) is 29.1 Å². The van der Waals surface area contributed by atoms with Crippen molar-refractivity contribution in [2.24, 2.45) is 13.0 Å². The first-order valence-corrected chi connectivity index (χ1v) is 18.4. The normalized spacial score (nSPS) is 23.0. The van der Waals surface area contributed by atoms with Crippen LogP contribution in [0, 0.1) is 5.92 Å². The van der Waals surface area contributed by atoms with Gasteiger partial charge >= 0.3 is 0 Å². The second kappa shape index (κ2) is 10.9. The summed E-state index contributed by atoms with van der Waals surface area (Å²) >= 11 is 0. The highest BCUT2D eigenvalue weighted by atomic mass is 28.4. The molecular formula is C32H50N4O3Si. The molecule has 3 aliphatic rings. The van der Waals surface area contributed by atoms with Gasteiger partial charge in [-0.15, -0.1) is 0 Å². The van der Waals surface area contributed by atoms with Crippen LogP contribution < -0.4 is 0 Å². The predicted octanol–water partition coefficient (Wildman–Crippen LogP) is 6.27. The number of hydrogen-bond acceptors (Lipinski definition) is 4. The number of hydrogen-bond donors (Lipinski definition) is 0. The van der Waals surface area contributed by atoms with Crippen molar-refractivity contribution in [2.45, 2.75) is 116 Å². The summed E-state index contributed by atoms with van der Waals surface area (Å²) < 4.78 is 8.62. The Morgan fingerprint density at radius 3 is 2.33 bits per heavy atom. The van der Waals surface area contributed by atoms with Gasteiger partial charge in [0.05, 0.1) is 11.0 Å². The molecule has 0 spiro atoms. The Bertz CT molecular complexity index is 1270. The molecule has 2 aromatic rings. The van der Waals surface area contributed by atoms with Gasteiger partial charge in [-0.3, -0.25) is 9.59 Å². The molecule has 2 heterocycles. The fourth-order valence-electron chi connectivity index (χ4n) is 6.28. The van der Waals surface area contributed by atoms with E-state index in [4.69, 9.17) is 9.41 Å². The number of imidazole rings is 1. The number of fused-ring (bicyclic) bond motifs is 1.